The van der Waals surface area contributed by atoms with Gasteiger partial charge in [0, 0.05) is 23.8 Å². The summed E-state index contributed by atoms with van der Waals surface area (Å²) in [6.07, 6.45) is 7.85. The van der Waals surface area contributed by atoms with Gasteiger partial charge in [0.05, 0.1) is 10.8 Å². The SMILES string of the molecule is CC1(C)c2[c-]c(ccn2)-c2[c-]c(ncc2)C(C)(C)c2nc(cn2-c2ccccc2)-c2cn(-c3ccccc3)c1n2.[Pt+2]. The third-order valence-corrected chi connectivity index (χ3v) is 7.73. The number of nitrogens with zero attached hydrogens (tertiary/aromatic N) is 6. The fraction of sp³-hybridized carbons (Fsp3) is 0.176. The van der Waals surface area contributed by atoms with Crippen molar-refractivity contribution in [3.8, 4) is 33.9 Å². The molecule has 4 aromatic heterocycles. The average molecular weight is 716 g/mol. The van der Waals surface area contributed by atoms with E-state index in [-0.39, 0.29) is 21.1 Å². The van der Waals surface area contributed by atoms with Crippen LogP contribution in [0.2, 0.25) is 0 Å². The van der Waals surface area contributed by atoms with Crippen molar-refractivity contribution in [3.05, 3.63) is 133 Å². The molecule has 5 heterocycles. The average Bonchev–Trinajstić information content (AvgIpc) is 3.64. The zero-order valence-corrected chi connectivity index (χ0v) is 25.5. The molecule has 0 radical (unpaired) electrons. The molecular formula is C34H28N6Pt. The molecule has 2 aromatic carbocycles. The number of benzene rings is 2. The Balaban J connectivity index is 0.00000302. The van der Waals surface area contributed by atoms with Crippen LogP contribution in [0.1, 0.15) is 50.7 Å². The minimum atomic E-state index is -0.561. The van der Waals surface area contributed by atoms with Gasteiger partial charge >= 0.3 is 21.1 Å². The third-order valence-electron chi connectivity index (χ3n) is 7.73. The van der Waals surface area contributed by atoms with E-state index < -0.39 is 10.8 Å². The summed E-state index contributed by atoms with van der Waals surface area (Å²) in [5.74, 6) is 1.72. The molecule has 0 aliphatic carbocycles. The Bertz CT molecular complexity index is 1710. The molecule has 0 atom stereocenters. The molecular weight excluding hydrogens is 687 g/mol. The Morgan fingerprint density at radius 3 is 1.34 bits per heavy atom. The summed E-state index contributed by atoms with van der Waals surface area (Å²) in [6, 6.07) is 31.7. The van der Waals surface area contributed by atoms with Crippen LogP contribution in [-0.4, -0.2) is 29.1 Å². The van der Waals surface area contributed by atoms with Gasteiger partial charge in [-0.2, -0.15) is 0 Å². The number of fused-ring (bicyclic) bond motifs is 10. The van der Waals surface area contributed by atoms with E-state index in [0.717, 1.165) is 56.9 Å². The van der Waals surface area contributed by atoms with Gasteiger partial charge in [-0.1, -0.05) is 36.4 Å². The van der Waals surface area contributed by atoms with Crippen LogP contribution >= 0.6 is 0 Å². The van der Waals surface area contributed by atoms with Crippen LogP contribution in [0.25, 0.3) is 33.9 Å². The van der Waals surface area contributed by atoms with Gasteiger partial charge in [0.1, 0.15) is 23.0 Å². The van der Waals surface area contributed by atoms with E-state index in [1.807, 2.05) is 60.9 Å². The van der Waals surface area contributed by atoms with E-state index >= 15 is 0 Å². The number of para-hydroxylation sites is 2. The third kappa shape index (κ3) is 4.47. The number of hydrogen-bond acceptors (Lipinski definition) is 4. The molecule has 7 rings (SSSR count). The first-order chi connectivity index (χ1) is 19.3. The van der Waals surface area contributed by atoms with Gasteiger partial charge in [-0.3, -0.25) is 21.1 Å². The molecule has 0 saturated carbocycles. The molecule has 0 saturated heterocycles. The van der Waals surface area contributed by atoms with E-state index in [9.17, 15) is 0 Å². The number of hydrogen-bond donors (Lipinski definition) is 0. The van der Waals surface area contributed by atoms with Gasteiger partial charge in [-0.15, -0.1) is 0 Å². The fourth-order valence-corrected chi connectivity index (χ4v) is 5.40. The second-order valence-electron chi connectivity index (χ2n) is 11.2. The maximum absolute atomic E-state index is 5.24. The molecule has 0 spiro atoms. The zero-order valence-electron chi connectivity index (χ0n) is 23.2. The van der Waals surface area contributed by atoms with Gasteiger partial charge in [0.25, 0.3) is 0 Å². The molecule has 41 heavy (non-hydrogen) atoms. The molecule has 8 bridgehead atoms. The quantitative estimate of drug-likeness (QED) is 0.187. The fourth-order valence-electron chi connectivity index (χ4n) is 5.40. The van der Waals surface area contributed by atoms with Gasteiger partial charge in [-0.05, 0) is 75.7 Å². The van der Waals surface area contributed by atoms with Crippen LogP contribution in [0.4, 0.5) is 0 Å². The van der Waals surface area contributed by atoms with E-state index in [4.69, 9.17) is 19.9 Å². The van der Waals surface area contributed by atoms with E-state index in [0.29, 0.717) is 0 Å². The summed E-state index contributed by atoms with van der Waals surface area (Å²) >= 11 is 0. The van der Waals surface area contributed by atoms with Crippen LogP contribution in [-0.2, 0) is 31.9 Å². The maximum Gasteiger partial charge on any atom is 2.00 e. The maximum atomic E-state index is 5.24. The topological polar surface area (TPSA) is 61.4 Å². The molecule has 0 amide bonds. The number of aromatic nitrogens is 6. The van der Waals surface area contributed by atoms with Crippen LogP contribution < -0.4 is 0 Å². The summed E-state index contributed by atoms with van der Waals surface area (Å²) in [5, 5.41) is 0. The monoisotopic (exact) mass is 715 g/mol. The molecule has 7 heteroatoms. The largest absolute Gasteiger partial charge is 2.00 e. The summed E-state index contributed by atoms with van der Waals surface area (Å²) in [7, 11) is 0. The minimum absolute atomic E-state index is 0. The number of imidazole rings is 2. The molecule has 1 aliphatic rings. The molecule has 0 fully saturated rings. The molecule has 6 nitrogen and oxygen atoms in total. The van der Waals surface area contributed by atoms with Crippen LogP contribution in [0, 0.1) is 12.1 Å². The summed E-state index contributed by atoms with van der Waals surface area (Å²) in [6.45, 7) is 8.58. The predicted octanol–water partition coefficient (Wildman–Crippen LogP) is 6.75. The van der Waals surface area contributed by atoms with Crippen molar-refractivity contribution in [2.24, 2.45) is 0 Å². The molecule has 0 N–H and O–H groups in total. The smallest absolute Gasteiger partial charge is 0.302 e. The number of pyridine rings is 2. The first-order valence-corrected chi connectivity index (χ1v) is 13.4. The van der Waals surface area contributed by atoms with Crippen LogP contribution in [0.5, 0.6) is 0 Å². The first kappa shape index (κ1) is 27.0. The minimum Gasteiger partial charge on any atom is -0.302 e. The summed E-state index contributed by atoms with van der Waals surface area (Å²) in [5.41, 5.74) is 5.95. The van der Waals surface area contributed by atoms with Crippen molar-refractivity contribution in [1.29, 1.82) is 0 Å². The van der Waals surface area contributed by atoms with Crippen molar-refractivity contribution >= 4 is 0 Å². The Hall–Kier alpha value is -4.15. The first-order valence-electron chi connectivity index (χ1n) is 13.4. The Kier molecular flexibility index (Phi) is 6.62. The van der Waals surface area contributed by atoms with Crippen LogP contribution in [0.3, 0.4) is 0 Å². The second kappa shape index (κ2) is 10.0. The van der Waals surface area contributed by atoms with Crippen molar-refractivity contribution in [3.63, 3.8) is 0 Å². The van der Waals surface area contributed by atoms with Crippen molar-refractivity contribution < 1.29 is 21.1 Å². The number of rotatable bonds is 2. The van der Waals surface area contributed by atoms with Gasteiger partial charge in [0.15, 0.2) is 0 Å². The summed E-state index contributed by atoms with van der Waals surface area (Å²) < 4.78 is 4.30. The van der Waals surface area contributed by atoms with Crippen LogP contribution in [0.15, 0.2) is 97.6 Å². The molecule has 1 aliphatic heterocycles. The van der Waals surface area contributed by atoms with Crippen molar-refractivity contribution in [2.45, 2.75) is 38.5 Å². The van der Waals surface area contributed by atoms with Crippen molar-refractivity contribution in [2.75, 3.05) is 0 Å². The van der Waals surface area contributed by atoms with E-state index in [1.165, 1.54) is 0 Å². The molecule has 204 valence electrons. The predicted molar refractivity (Wildman–Crippen MR) is 156 cm³/mol. The Morgan fingerprint density at radius 1 is 0.561 bits per heavy atom. The Labute approximate surface area is 254 Å². The standard InChI is InChI=1S/C34H28N6.Pt/c1-33(2)29-19-23(15-17-35-29)24-16-18-36-30(20-24)34(3,4)32-38-28(22-40(32)26-13-9-6-10-14-26)27-21-39(31(33)37-27)25-11-7-5-8-12-25;/h5-18,21-22H,1-4H3;/q-2;+2. The van der Waals surface area contributed by atoms with Crippen molar-refractivity contribution in [1.82, 2.24) is 29.1 Å². The van der Waals surface area contributed by atoms with E-state index in [1.54, 1.807) is 0 Å². The van der Waals surface area contributed by atoms with Gasteiger partial charge in [-0.25, -0.2) is 34.2 Å². The molecule has 0 unspecified atom stereocenters. The van der Waals surface area contributed by atoms with Gasteiger partial charge in [0.2, 0.25) is 0 Å². The normalized spacial score (nSPS) is 14.5. The summed E-state index contributed by atoms with van der Waals surface area (Å²) in [4.78, 5) is 20.0. The van der Waals surface area contributed by atoms with Gasteiger partial charge < -0.3 is 9.13 Å². The Morgan fingerprint density at radius 2 is 0.951 bits per heavy atom. The van der Waals surface area contributed by atoms with E-state index in [2.05, 4.69) is 85.6 Å². The molecule has 6 aromatic rings. The second-order valence-corrected chi connectivity index (χ2v) is 11.2. The zero-order chi connectivity index (χ0) is 27.5.